The van der Waals surface area contributed by atoms with Crippen molar-refractivity contribution in [3.8, 4) is 0 Å². The first-order valence-corrected chi connectivity index (χ1v) is 12.7. The molecular formula is C29H37NO3. The van der Waals surface area contributed by atoms with Gasteiger partial charge >= 0.3 is 5.97 Å². The molecule has 4 nitrogen and oxygen atoms in total. The van der Waals surface area contributed by atoms with E-state index in [9.17, 15) is 4.79 Å². The molecule has 33 heavy (non-hydrogen) atoms. The lowest BCUT2D eigenvalue weighted by Gasteiger charge is -2.45. The number of benzene rings is 1. The van der Waals surface area contributed by atoms with Crippen LogP contribution in [0.3, 0.4) is 0 Å². The Labute approximate surface area is 197 Å². The van der Waals surface area contributed by atoms with Crippen molar-refractivity contribution in [2.24, 2.45) is 17.3 Å². The summed E-state index contributed by atoms with van der Waals surface area (Å²) in [5.41, 5.74) is 4.75. The number of carbonyl (C=O) groups is 1. The van der Waals surface area contributed by atoms with Crippen molar-refractivity contribution in [2.45, 2.75) is 70.8 Å². The minimum Gasteiger partial charge on any atom is -0.469 e. The molecule has 0 amide bonds. The molecule has 0 radical (unpaired) electrons. The molecule has 3 aliphatic rings. The van der Waals surface area contributed by atoms with Crippen LogP contribution >= 0.6 is 0 Å². The molecule has 1 aliphatic heterocycles. The summed E-state index contributed by atoms with van der Waals surface area (Å²) in [5.74, 6) is 1.66. The maximum absolute atomic E-state index is 12.8. The quantitative estimate of drug-likeness (QED) is 0.304. The number of fused-ring (bicyclic) bond motifs is 2. The van der Waals surface area contributed by atoms with Crippen LogP contribution < -0.4 is 5.32 Å². The van der Waals surface area contributed by atoms with Crippen molar-refractivity contribution in [1.29, 1.82) is 0 Å². The van der Waals surface area contributed by atoms with E-state index in [0.717, 1.165) is 38.0 Å². The lowest BCUT2D eigenvalue weighted by atomic mass is 9.59. The van der Waals surface area contributed by atoms with Crippen LogP contribution in [-0.2, 0) is 16.0 Å². The lowest BCUT2D eigenvalue weighted by Crippen LogP contribution is -2.40. The second-order valence-corrected chi connectivity index (χ2v) is 10.7. The van der Waals surface area contributed by atoms with Crippen molar-refractivity contribution < 1.29 is 13.9 Å². The average Bonchev–Trinajstić information content (AvgIpc) is 3.43. The van der Waals surface area contributed by atoms with Crippen LogP contribution in [0, 0.1) is 17.3 Å². The van der Waals surface area contributed by atoms with Gasteiger partial charge in [0.25, 0.3) is 0 Å². The van der Waals surface area contributed by atoms with Crippen molar-refractivity contribution in [3.63, 3.8) is 0 Å². The van der Waals surface area contributed by atoms with Crippen molar-refractivity contribution in [2.75, 3.05) is 13.1 Å². The number of rotatable bonds is 8. The molecule has 5 rings (SSSR count). The summed E-state index contributed by atoms with van der Waals surface area (Å²) in [4.78, 5) is 12.8. The molecule has 0 bridgehead atoms. The predicted octanol–water partition coefficient (Wildman–Crippen LogP) is 6.04. The number of hydrogen-bond acceptors (Lipinski definition) is 4. The number of furan rings is 1. The van der Waals surface area contributed by atoms with E-state index in [0.29, 0.717) is 18.4 Å². The highest BCUT2D eigenvalue weighted by atomic mass is 16.6. The second-order valence-electron chi connectivity index (χ2n) is 10.7. The van der Waals surface area contributed by atoms with Crippen LogP contribution in [0.5, 0.6) is 0 Å². The molecule has 176 valence electrons. The van der Waals surface area contributed by atoms with E-state index in [2.05, 4.69) is 55.6 Å². The number of allylic oxidation sites excluding steroid dienone is 2. The second kappa shape index (κ2) is 9.50. The molecule has 2 aromatic rings. The first kappa shape index (κ1) is 22.5. The van der Waals surface area contributed by atoms with E-state index in [1.165, 1.54) is 24.8 Å². The van der Waals surface area contributed by atoms with Gasteiger partial charge in [0.05, 0.1) is 12.2 Å². The fourth-order valence-corrected chi connectivity index (χ4v) is 6.65. The van der Waals surface area contributed by atoms with Crippen LogP contribution in [0.15, 0.2) is 64.3 Å². The Kier molecular flexibility index (Phi) is 6.47. The summed E-state index contributed by atoms with van der Waals surface area (Å²) >= 11 is 0. The molecule has 4 heteroatoms. The number of carbonyl (C=O) groups excluding carboxylic acids is 1. The third-order valence-corrected chi connectivity index (χ3v) is 8.48. The zero-order chi connectivity index (χ0) is 22.8. The van der Waals surface area contributed by atoms with Crippen LogP contribution in [0.25, 0.3) is 0 Å². The molecule has 1 saturated heterocycles. The molecular weight excluding hydrogens is 410 g/mol. The Hall–Kier alpha value is -2.33. The van der Waals surface area contributed by atoms with Crippen LogP contribution in [0.1, 0.15) is 69.6 Å². The van der Waals surface area contributed by atoms with Gasteiger partial charge < -0.3 is 14.5 Å². The van der Waals surface area contributed by atoms with E-state index in [-0.39, 0.29) is 23.4 Å². The lowest BCUT2D eigenvalue weighted by molar-refractivity contribution is -0.145. The molecule has 1 saturated carbocycles. The fourth-order valence-electron chi connectivity index (χ4n) is 6.65. The summed E-state index contributed by atoms with van der Waals surface area (Å²) in [7, 11) is 0. The largest absolute Gasteiger partial charge is 0.469 e. The predicted molar refractivity (Wildman–Crippen MR) is 130 cm³/mol. The molecule has 2 aliphatic carbocycles. The van der Waals surface area contributed by atoms with Gasteiger partial charge in [-0.2, -0.15) is 0 Å². The highest BCUT2D eigenvalue weighted by Gasteiger charge is 2.52. The number of ether oxygens (including phenoxy) is 1. The number of hydrogen-bond donors (Lipinski definition) is 1. The van der Waals surface area contributed by atoms with Gasteiger partial charge in [-0.1, -0.05) is 48.4 Å². The molecule has 0 spiro atoms. The fraction of sp³-hybridized carbons (Fsp3) is 0.552. The van der Waals surface area contributed by atoms with E-state index in [1.807, 2.05) is 6.07 Å². The van der Waals surface area contributed by atoms with E-state index in [1.54, 1.807) is 17.4 Å². The Morgan fingerprint density at radius 1 is 1.18 bits per heavy atom. The minimum atomic E-state index is -0.0297. The van der Waals surface area contributed by atoms with E-state index in [4.69, 9.17) is 9.15 Å². The SMILES string of the molecule is CC1=C2CC3C(CC2(C)CCC1)OC(=O)C3CNCCC(Cc1ccccc1)c1ccco1. The van der Waals surface area contributed by atoms with Gasteiger partial charge in [0.2, 0.25) is 0 Å². The summed E-state index contributed by atoms with van der Waals surface area (Å²) in [5, 5.41) is 3.60. The Morgan fingerprint density at radius 2 is 2.03 bits per heavy atom. The van der Waals surface area contributed by atoms with E-state index < -0.39 is 0 Å². The molecule has 5 unspecified atom stereocenters. The van der Waals surface area contributed by atoms with Gasteiger partial charge in [0.1, 0.15) is 11.9 Å². The third kappa shape index (κ3) is 4.68. The maximum Gasteiger partial charge on any atom is 0.310 e. The molecule has 1 N–H and O–H groups in total. The minimum absolute atomic E-state index is 0.00451. The smallest absolute Gasteiger partial charge is 0.310 e. The average molecular weight is 448 g/mol. The maximum atomic E-state index is 12.8. The van der Waals surface area contributed by atoms with Crippen molar-refractivity contribution in [3.05, 3.63) is 71.2 Å². The van der Waals surface area contributed by atoms with Gasteiger partial charge in [0, 0.05) is 18.4 Å². The number of esters is 1. The van der Waals surface area contributed by atoms with Crippen LogP contribution in [-0.4, -0.2) is 25.2 Å². The van der Waals surface area contributed by atoms with Gasteiger partial charge in [-0.25, -0.2) is 0 Å². The van der Waals surface area contributed by atoms with Crippen molar-refractivity contribution >= 4 is 5.97 Å². The normalized spacial score (nSPS) is 30.0. The van der Waals surface area contributed by atoms with Gasteiger partial charge in [-0.05, 0) is 81.5 Å². The molecule has 2 heterocycles. The summed E-state index contributed by atoms with van der Waals surface area (Å²) in [6.07, 6.45) is 9.54. The Bertz CT molecular complexity index is 980. The van der Waals surface area contributed by atoms with E-state index >= 15 is 0 Å². The topological polar surface area (TPSA) is 51.5 Å². The standard InChI is InChI=1S/C29H37NO3/c1-20-8-6-13-29(2)18-27-23(17-25(20)29)24(28(31)33-27)19-30-14-12-22(26-11-7-15-32-26)16-21-9-4-3-5-10-21/h3-5,7,9-11,15,22-24,27,30H,6,8,12-14,16-19H2,1-2H3. The summed E-state index contributed by atoms with van der Waals surface area (Å²) < 4.78 is 11.7. The van der Waals surface area contributed by atoms with Crippen LogP contribution in [0.4, 0.5) is 0 Å². The first-order chi connectivity index (χ1) is 16.0. The molecule has 1 aromatic carbocycles. The van der Waals surface area contributed by atoms with Gasteiger partial charge in [0.15, 0.2) is 0 Å². The number of nitrogens with one attached hydrogen (secondary N) is 1. The summed E-state index contributed by atoms with van der Waals surface area (Å²) in [6, 6.07) is 14.6. The molecule has 1 aromatic heterocycles. The molecule has 2 fully saturated rings. The molecule has 5 atom stereocenters. The third-order valence-electron chi connectivity index (χ3n) is 8.48. The highest BCUT2D eigenvalue weighted by molar-refractivity contribution is 5.76. The Balaban J connectivity index is 1.19. The monoisotopic (exact) mass is 447 g/mol. The highest BCUT2D eigenvalue weighted by Crippen LogP contribution is 2.54. The van der Waals surface area contributed by atoms with Gasteiger partial charge in [-0.15, -0.1) is 0 Å². The van der Waals surface area contributed by atoms with Crippen LogP contribution in [0.2, 0.25) is 0 Å². The zero-order valence-corrected chi connectivity index (χ0v) is 20.0. The van der Waals surface area contributed by atoms with Gasteiger partial charge in [-0.3, -0.25) is 4.79 Å². The summed E-state index contributed by atoms with van der Waals surface area (Å²) in [6.45, 7) is 6.26. The first-order valence-electron chi connectivity index (χ1n) is 12.7. The Morgan fingerprint density at radius 3 is 2.82 bits per heavy atom. The zero-order valence-electron chi connectivity index (χ0n) is 20.0. The van der Waals surface area contributed by atoms with Crippen molar-refractivity contribution in [1.82, 2.24) is 5.32 Å².